The van der Waals surface area contributed by atoms with Gasteiger partial charge < -0.3 is 24.8 Å². The van der Waals surface area contributed by atoms with Gasteiger partial charge in [0.2, 0.25) is 0 Å². The summed E-state index contributed by atoms with van der Waals surface area (Å²) in [6.07, 6.45) is 2.70. The Balaban J connectivity index is 2.19. The van der Waals surface area contributed by atoms with Crippen LogP contribution in [-0.4, -0.2) is 52.5 Å². The third-order valence-electron chi connectivity index (χ3n) is 3.89. The van der Waals surface area contributed by atoms with Crippen molar-refractivity contribution < 1.29 is 29.6 Å². The SMILES string of the molecule is CCCCC/C=C/C1=C(CO)C(O)C(O)C2OC(=O)OC12. The first-order valence-corrected chi connectivity index (χ1v) is 7.33. The van der Waals surface area contributed by atoms with Crippen LogP contribution in [-0.2, 0) is 9.47 Å². The fourth-order valence-electron chi connectivity index (χ4n) is 2.71. The van der Waals surface area contributed by atoms with Crippen molar-refractivity contribution in [2.75, 3.05) is 6.61 Å². The van der Waals surface area contributed by atoms with Crippen molar-refractivity contribution in [2.45, 2.75) is 57.0 Å². The monoisotopic (exact) mass is 298 g/mol. The van der Waals surface area contributed by atoms with E-state index in [1.54, 1.807) is 6.08 Å². The van der Waals surface area contributed by atoms with E-state index in [0.29, 0.717) is 5.57 Å². The number of hydrogen-bond donors (Lipinski definition) is 3. The van der Waals surface area contributed by atoms with Gasteiger partial charge in [0, 0.05) is 5.57 Å². The number of carbonyl (C=O) groups is 1. The van der Waals surface area contributed by atoms with Gasteiger partial charge in [0.1, 0.15) is 12.2 Å². The molecule has 4 atom stereocenters. The minimum atomic E-state index is -1.29. The maximum Gasteiger partial charge on any atom is 0.509 e. The van der Waals surface area contributed by atoms with Crippen LogP contribution in [0.3, 0.4) is 0 Å². The molecular weight excluding hydrogens is 276 g/mol. The van der Waals surface area contributed by atoms with Crippen LogP contribution < -0.4 is 0 Å². The molecule has 0 saturated carbocycles. The Hall–Kier alpha value is -1.37. The number of aliphatic hydroxyl groups is 3. The molecule has 0 aromatic heterocycles. The molecule has 1 aliphatic carbocycles. The molecule has 6 heteroatoms. The molecule has 4 unspecified atom stereocenters. The van der Waals surface area contributed by atoms with E-state index in [0.717, 1.165) is 25.7 Å². The van der Waals surface area contributed by atoms with E-state index in [-0.39, 0.29) is 5.57 Å². The Kier molecular flexibility index (Phi) is 5.39. The van der Waals surface area contributed by atoms with Crippen LogP contribution in [0.15, 0.2) is 23.3 Å². The summed E-state index contributed by atoms with van der Waals surface area (Å²) in [6.45, 7) is 1.71. The fraction of sp³-hybridized carbons (Fsp3) is 0.667. The summed E-state index contributed by atoms with van der Waals surface area (Å²) < 4.78 is 9.95. The van der Waals surface area contributed by atoms with Gasteiger partial charge in [-0.25, -0.2) is 4.79 Å². The predicted octanol–water partition coefficient (Wildman–Crippen LogP) is 1.05. The topological polar surface area (TPSA) is 96.2 Å². The summed E-state index contributed by atoms with van der Waals surface area (Å²) in [6, 6.07) is 0. The van der Waals surface area contributed by atoms with Crippen LogP contribution in [0, 0.1) is 0 Å². The van der Waals surface area contributed by atoms with Crippen molar-refractivity contribution in [3.8, 4) is 0 Å². The van der Waals surface area contributed by atoms with E-state index in [4.69, 9.17) is 9.47 Å². The highest BCUT2D eigenvalue weighted by Gasteiger charge is 2.50. The van der Waals surface area contributed by atoms with Gasteiger partial charge in [0.05, 0.1) is 6.61 Å². The lowest BCUT2D eigenvalue weighted by atomic mass is 9.83. The zero-order valence-electron chi connectivity index (χ0n) is 12.1. The number of unbranched alkanes of at least 4 members (excludes halogenated alkanes) is 3. The van der Waals surface area contributed by atoms with E-state index in [1.807, 2.05) is 6.08 Å². The molecule has 1 aliphatic heterocycles. The van der Waals surface area contributed by atoms with Gasteiger partial charge in [-0.05, 0) is 18.4 Å². The Morgan fingerprint density at radius 3 is 2.67 bits per heavy atom. The molecule has 21 heavy (non-hydrogen) atoms. The third kappa shape index (κ3) is 3.28. The van der Waals surface area contributed by atoms with E-state index < -0.39 is 37.2 Å². The molecule has 0 amide bonds. The number of ether oxygens (including phenoxy) is 2. The molecule has 0 aromatic carbocycles. The van der Waals surface area contributed by atoms with Gasteiger partial charge in [-0.3, -0.25) is 0 Å². The molecule has 1 heterocycles. The van der Waals surface area contributed by atoms with Gasteiger partial charge in [0.25, 0.3) is 0 Å². The van der Waals surface area contributed by atoms with Crippen molar-refractivity contribution >= 4 is 6.16 Å². The van der Waals surface area contributed by atoms with E-state index in [9.17, 15) is 20.1 Å². The number of hydrogen-bond acceptors (Lipinski definition) is 6. The summed E-state index contributed by atoms with van der Waals surface area (Å²) in [5.74, 6) is 0. The number of rotatable bonds is 6. The smallest absolute Gasteiger partial charge is 0.424 e. The third-order valence-corrected chi connectivity index (χ3v) is 3.89. The van der Waals surface area contributed by atoms with Gasteiger partial charge >= 0.3 is 6.16 Å². The molecule has 118 valence electrons. The quantitative estimate of drug-likeness (QED) is 0.501. The minimum Gasteiger partial charge on any atom is -0.424 e. The lowest BCUT2D eigenvalue weighted by molar-refractivity contribution is -0.0546. The maximum absolute atomic E-state index is 11.3. The second-order valence-electron chi connectivity index (χ2n) is 5.34. The predicted molar refractivity (Wildman–Crippen MR) is 74.5 cm³/mol. The molecule has 2 rings (SSSR count). The minimum absolute atomic E-state index is 0.272. The van der Waals surface area contributed by atoms with E-state index in [2.05, 4.69) is 6.92 Å². The first kappa shape index (κ1) is 16.0. The number of aliphatic hydroxyl groups excluding tert-OH is 3. The van der Waals surface area contributed by atoms with Crippen molar-refractivity contribution in [1.82, 2.24) is 0 Å². The van der Waals surface area contributed by atoms with Crippen molar-refractivity contribution in [3.63, 3.8) is 0 Å². The Morgan fingerprint density at radius 1 is 1.24 bits per heavy atom. The zero-order valence-corrected chi connectivity index (χ0v) is 12.1. The summed E-state index contributed by atoms with van der Waals surface area (Å²) >= 11 is 0. The number of carbonyl (C=O) groups excluding carboxylic acids is 1. The molecule has 6 nitrogen and oxygen atoms in total. The largest absolute Gasteiger partial charge is 0.509 e. The summed E-state index contributed by atoms with van der Waals surface area (Å²) in [5, 5.41) is 29.4. The molecule has 2 aliphatic rings. The van der Waals surface area contributed by atoms with Crippen LogP contribution in [0.1, 0.15) is 32.6 Å². The first-order valence-electron chi connectivity index (χ1n) is 7.33. The van der Waals surface area contributed by atoms with Gasteiger partial charge in [0.15, 0.2) is 12.2 Å². The maximum atomic E-state index is 11.3. The van der Waals surface area contributed by atoms with Gasteiger partial charge in [-0.2, -0.15) is 0 Å². The van der Waals surface area contributed by atoms with Crippen LogP contribution in [0.25, 0.3) is 0 Å². The van der Waals surface area contributed by atoms with Crippen molar-refractivity contribution in [2.24, 2.45) is 0 Å². The average molecular weight is 298 g/mol. The van der Waals surface area contributed by atoms with Gasteiger partial charge in [-0.15, -0.1) is 0 Å². The Bertz CT molecular complexity index is 441. The molecule has 3 N–H and O–H groups in total. The summed E-state index contributed by atoms with van der Waals surface area (Å²) in [7, 11) is 0. The summed E-state index contributed by atoms with van der Waals surface area (Å²) in [4.78, 5) is 11.3. The fourth-order valence-corrected chi connectivity index (χ4v) is 2.71. The van der Waals surface area contributed by atoms with Gasteiger partial charge in [-0.1, -0.05) is 31.9 Å². The Morgan fingerprint density at radius 2 is 2.00 bits per heavy atom. The second kappa shape index (κ2) is 7.06. The molecule has 0 radical (unpaired) electrons. The van der Waals surface area contributed by atoms with Crippen molar-refractivity contribution in [1.29, 1.82) is 0 Å². The van der Waals surface area contributed by atoms with Crippen molar-refractivity contribution in [3.05, 3.63) is 23.3 Å². The molecule has 0 bridgehead atoms. The second-order valence-corrected chi connectivity index (χ2v) is 5.34. The highest BCUT2D eigenvalue weighted by Crippen LogP contribution is 2.35. The molecule has 1 saturated heterocycles. The van der Waals surface area contributed by atoms with Crippen LogP contribution >= 0.6 is 0 Å². The zero-order chi connectivity index (χ0) is 15.4. The highest BCUT2D eigenvalue weighted by molar-refractivity contribution is 5.64. The normalized spacial score (nSPS) is 32.3. The van der Waals surface area contributed by atoms with E-state index >= 15 is 0 Å². The molecule has 0 spiro atoms. The standard InChI is InChI=1S/C15H22O6/c1-2-3-4-5-6-7-9-10(8-16)11(17)12(18)14-13(9)20-15(19)21-14/h6-7,11-14,16-18H,2-5,8H2,1H3/b7-6+. The number of fused-ring (bicyclic) bond motifs is 1. The lowest BCUT2D eigenvalue weighted by Crippen LogP contribution is -2.49. The highest BCUT2D eigenvalue weighted by atomic mass is 16.8. The molecule has 1 fully saturated rings. The lowest BCUT2D eigenvalue weighted by Gasteiger charge is -2.33. The number of allylic oxidation sites excluding steroid dienone is 1. The van der Waals surface area contributed by atoms with Crippen LogP contribution in [0.2, 0.25) is 0 Å². The van der Waals surface area contributed by atoms with Crippen LogP contribution in [0.5, 0.6) is 0 Å². The van der Waals surface area contributed by atoms with Crippen LogP contribution in [0.4, 0.5) is 4.79 Å². The Labute approximate surface area is 123 Å². The average Bonchev–Trinajstić information content (AvgIpc) is 2.86. The first-order chi connectivity index (χ1) is 10.1. The summed E-state index contributed by atoms with van der Waals surface area (Å²) in [5.41, 5.74) is 0.788. The molecular formula is C15H22O6. The van der Waals surface area contributed by atoms with E-state index in [1.165, 1.54) is 0 Å². The molecule has 0 aromatic rings.